The Balaban J connectivity index is 1.78. The maximum Gasteiger partial charge on any atom is 0.333 e. The number of hydrogen-bond acceptors (Lipinski definition) is 3. The van der Waals surface area contributed by atoms with Crippen molar-refractivity contribution in [3.63, 3.8) is 0 Å². The Morgan fingerprint density at radius 2 is 2.15 bits per heavy atom. The summed E-state index contributed by atoms with van der Waals surface area (Å²) in [5, 5.41) is 12.2. The molecular weight excluding hydrogens is 369 g/mol. The maximum atomic E-state index is 13.5. The van der Waals surface area contributed by atoms with Crippen LogP contribution in [0.15, 0.2) is 60.8 Å². The van der Waals surface area contributed by atoms with E-state index in [0.29, 0.717) is 17.1 Å². The SMILES string of the molecule is C=C1C(=O)OCC1C(O)c1cn(Cc2cccc(F)c2)c2ccc(Cl)cc12. The van der Waals surface area contributed by atoms with Gasteiger partial charge in [-0.25, -0.2) is 9.18 Å². The monoisotopic (exact) mass is 385 g/mol. The van der Waals surface area contributed by atoms with Crippen LogP contribution in [0, 0.1) is 11.7 Å². The number of aliphatic hydroxyl groups is 1. The highest BCUT2D eigenvalue weighted by atomic mass is 35.5. The molecule has 138 valence electrons. The molecule has 0 aliphatic carbocycles. The van der Waals surface area contributed by atoms with E-state index < -0.39 is 18.0 Å². The van der Waals surface area contributed by atoms with Gasteiger partial charge in [0.1, 0.15) is 12.4 Å². The number of carbonyl (C=O) groups is 1. The number of ether oxygens (including phenoxy) is 1. The number of carbonyl (C=O) groups excluding carboxylic acids is 1. The maximum absolute atomic E-state index is 13.5. The predicted octanol–water partition coefficient (Wildman–Crippen LogP) is 4.24. The lowest BCUT2D eigenvalue weighted by Crippen LogP contribution is -2.14. The molecule has 2 unspecified atom stereocenters. The van der Waals surface area contributed by atoms with E-state index in [1.54, 1.807) is 18.2 Å². The van der Waals surface area contributed by atoms with Crippen LogP contribution in [-0.2, 0) is 16.1 Å². The molecule has 1 aromatic heterocycles. The zero-order valence-electron chi connectivity index (χ0n) is 14.4. The number of aliphatic hydroxyl groups excluding tert-OH is 1. The molecule has 0 saturated carbocycles. The van der Waals surface area contributed by atoms with Crippen LogP contribution in [0.2, 0.25) is 5.02 Å². The third-order valence-corrected chi connectivity index (χ3v) is 5.15. The number of hydrogen-bond donors (Lipinski definition) is 1. The third kappa shape index (κ3) is 3.24. The van der Waals surface area contributed by atoms with Crippen LogP contribution in [0.25, 0.3) is 10.9 Å². The standard InChI is InChI=1S/C21H17ClFNO3/c1-12-18(11-27-21(12)26)20(25)17-10-24(9-13-3-2-4-15(23)7-13)19-6-5-14(22)8-16(17)19/h2-8,10,18,20,25H,1,9,11H2. The van der Waals surface area contributed by atoms with E-state index in [1.807, 2.05) is 22.9 Å². The van der Waals surface area contributed by atoms with Gasteiger partial charge >= 0.3 is 5.97 Å². The summed E-state index contributed by atoms with van der Waals surface area (Å²) in [6.45, 7) is 4.26. The predicted molar refractivity (Wildman–Crippen MR) is 101 cm³/mol. The summed E-state index contributed by atoms with van der Waals surface area (Å²) in [7, 11) is 0. The molecule has 0 bridgehead atoms. The molecule has 4 nitrogen and oxygen atoms in total. The average molecular weight is 386 g/mol. The summed E-state index contributed by atoms with van der Waals surface area (Å²) in [6, 6.07) is 11.8. The van der Waals surface area contributed by atoms with Crippen LogP contribution >= 0.6 is 11.6 Å². The van der Waals surface area contributed by atoms with E-state index in [1.165, 1.54) is 12.1 Å². The van der Waals surface area contributed by atoms with Gasteiger partial charge in [0.25, 0.3) is 0 Å². The van der Waals surface area contributed by atoms with Gasteiger partial charge in [0.05, 0.1) is 12.0 Å². The highest BCUT2D eigenvalue weighted by molar-refractivity contribution is 6.31. The second-order valence-electron chi connectivity index (χ2n) is 6.68. The largest absolute Gasteiger partial charge is 0.462 e. The van der Waals surface area contributed by atoms with Gasteiger partial charge in [-0.1, -0.05) is 30.3 Å². The van der Waals surface area contributed by atoms with Crippen LogP contribution in [0.1, 0.15) is 17.2 Å². The van der Waals surface area contributed by atoms with Gasteiger partial charge in [0.15, 0.2) is 0 Å². The number of nitrogens with zero attached hydrogens (tertiary/aromatic N) is 1. The van der Waals surface area contributed by atoms with Gasteiger partial charge < -0.3 is 14.4 Å². The molecule has 1 aliphatic heterocycles. The molecule has 2 aromatic carbocycles. The quantitative estimate of drug-likeness (QED) is 0.539. The Labute approximate surface area is 160 Å². The normalized spacial score (nSPS) is 18.1. The molecule has 4 rings (SSSR count). The number of benzene rings is 2. The zero-order valence-corrected chi connectivity index (χ0v) is 15.1. The summed E-state index contributed by atoms with van der Waals surface area (Å²) in [5.74, 6) is -1.30. The van der Waals surface area contributed by atoms with Crippen LogP contribution in [0.3, 0.4) is 0 Å². The molecule has 0 spiro atoms. The van der Waals surface area contributed by atoms with Crippen LogP contribution in [0.5, 0.6) is 0 Å². The first-order valence-electron chi connectivity index (χ1n) is 8.51. The van der Waals surface area contributed by atoms with Crippen LogP contribution in [0.4, 0.5) is 4.39 Å². The highest BCUT2D eigenvalue weighted by Crippen LogP contribution is 2.37. The summed E-state index contributed by atoms with van der Waals surface area (Å²) in [6.07, 6.45) is 0.853. The molecule has 27 heavy (non-hydrogen) atoms. The molecule has 0 radical (unpaired) electrons. The number of rotatable bonds is 4. The number of fused-ring (bicyclic) bond motifs is 1. The van der Waals surface area contributed by atoms with Crippen molar-refractivity contribution in [1.29, 1.82) is 0 Å². The fourth-order valence-electron chi connectivity index (χ4n) is 3.50. The van der Waals surface area contributed by atoms with Crippen molar-refractivity contribution in [3.8, 4) is 0 Å². The van der Waals surface area contributed by atoms with Crippen molar-refractivity contribution in [1.82, 2.24) is 4.57 Å². The average Bonchev–Trinajstić information content (AvgIpc) is 3.15. The van der Waals surface area contributed by atoms with E-state index >= 15 is 0 Å². The molecule has 3 aromatic rings. The van der Waals surface area contributed by atoms with Crippen molar-refractivity contribution >= 4 is 28.5 Å². The van der Waals surface area contributed by atoms with Crippen molar-refractivity contribution < 1.29 is 19.0 Å². The van der Waals surface area contributed by atoms with Crippen molar-refractivity contribution in [2.75, 3.05) is 6.61 Å². The van der Waals surface area contributed by atoms with Crippen molar-refractivity contribution in [2.24, 2.45) is 5.92 Å². The minimum atomic E-state index is -0.960. The topological polar surface area (TPSA) is 51.5 Å². The summed E-state index contributed by atoms with van der Waals surface area (Å²) >= 11 is 6.16. The lowest BCUT2D eigenvalue weighted by molar-refractivity contribution is -0.135. The molecule has 1 aliphatic rings. The van der Waals surface area contributed by atoms with E-state index in [-0.39, 0.29) is 18.0 Å². The summed E-state index contributed by atoms with van der Waals surface area (Å²) < 4.78 is 20.5. The van der Waals surface area contributed by atoms with Gasteiger partial charge in [-0.05, 0) is 35.9 Å². The Bertz CT molecular complexity index is 1060. The van der Waals surface area contributed by atoms with Crippen molar-refractivity contribution in [3.05, 3.63) is 82.8 Å². The Kier molecular flexibility index (Phi) is 4.50. The Hall–Kier alpha value is -2.63. The first kappa shape index (κ1) is 17.8. The fraction of sp³-hybridized carbons (Fsp3) is 0.190. The molecule has 2 heterocycles. The van der Waals surface area contributed by atoms with Gasteiger partial charge in [-0.2, -0.15) is 0 Å². The number of cyclic esters (lactones) is 1. The smallest absolute Gasteiger partial charge is 0.333 e. The first-order chi connectivity index (χ1) is 12.9. The van der Waals surface area contributed by atoms with Crippen LogP contribution in [-0.4, -0.2) is 22.2 Å². The number of halogens is 2. The molecule has 1 saturated heterocycles. The Morgan fingerprint density at radius 3 is 2.85 bits per heavy atom. The van der Waals surface area contributed by atoms with Crippen molar-refractivity contribution in [2.45, 2.75) is 12.6 Å². The Morgan fingerprint density at radius 1 is 1.33 bits per heavy atom. The van der Waals surface area contributed by atoms with E-state index in [9.17, 15) is 14.3 Å². The molecule has 6 heteroatoms. The van der Waals surface area contributed by atoms with E-state index in [0.717, 1.165) is 16.5 Å². The van der Waals surface area contributed by atoms with E-state index in [4.69, 9.17) is 16.3 Å². The van der Waals surface area contributed by atoms with Gasteiger partial charge in [0, 0.05) is 39.8 Å². The second kappa shape index (κ2) is 6.83. The zero-order chi connectivity index (χ0) is 19.1. The third-order valence-electron chi connectivity index (χ3n) is 4.92. The molecule has 2 atom stereocenters. The lowest BCUT2D eigenvalue weighted by atomic mass is 9.92. The van der Waals surface area contributed by atoms with Gasteiger partial charge in [-0.15, -0.1) is 0 Å². The highest BCUT2D eigenvalue weighted by Gasteiger charge is 2.36. The van der Waals surface area contributed by atoms with Gasteiger partial charge in [-0.3, -0.25) is 0 Å². The first-order valence-corrected chi connectivity index (χ1v) is 8.88. The second-order valence-corrected chi connectivity index (χ2v) is 7.12. The van der Waals surface area contributed by atoms with E-state index in [2.05, 4.69) is 6.58 Å². The fourth-order valence-corrected chi connectivity index (χ4v) is 3.68. The lowest BCUT2D eigenvalue weighted by Gasteiger charge is -2.15. The number of aromatic nitrogens is 1. The molecule has 1 N–H and O–H groups in total. The summed E-state index contributed by atoms with van der Waals surface area (Å²) in [4.78, 5) is 11.6. The van der Waals surface area contributed by atoms with Gasteiger partial charge in [0.2, 0.25) is 0 Å². The molecule has 1 fully saturated rings. The summed E-state index contributed by atoms with van der Waals surface area (Å²) in [5.41, 5.74) is 2.55. The molecule has 0 amide bonds. The minimum Gasteiger partial charge on any atom is -0.462 e. The minimum absolute atomic E-state index is 0.0932. The van der Waals surface area contributed by atoms with Crippen LogP contribution < -0.4 is 0 Å². The molecular formula is C21H17ClFNO3. The number of esters is 1.